The smallest absolute Gasteiger partial charge is 0.106 e. The van der Waals surface area contributed by atoms with Crippen LogP contribution >= 0.6 is 43.5 Å². The molecule has 3 heteroatoms. The minimum atomic E-state index is -0.361. The van der Waals surface area contributed by atoms with Gasteiger partial charge >= 0.3 is 0 Å². The first-order chi connectivity index (χ1) is 3.25. The molecule has 1 unspecified atom stereocenters. The lowest BCUT2D eigenvalue weighted by Crippen LogP contribution is -2.30. The van der Waals surface area contributed by atoms with Gasteiger partial charge in [0.2, 0.25) is 0 Å². The highest BCUT2D eigenvalue weighted by Gasteiger charge is 2.34. The van der Waals surface area contributed by atoms with E-state index < -0.39 is 0 Å². The molecular weight excluding hydrogens is 255 g/mol. The zero-order chi connectivity index (χ0) is 7.00. The average molecular weight is 264 g/mol. The van der Waals surface area contributed by atoms with Crippen LogP contribution in [0.25, 0.3) is 0 Å². The van der Waals surface area contributed by atoms with Gasteiger partial charge in [-0.1, -0.05) is 31.9 Å². The number of halogens is 3. The van der Waals surface area contributed by atoms with Gasteiger partial charge < -0.3 is 0 Å². The molecule has 0 saturated carbocycles. The van der Waals surface area contributed by atoms with Crippen molar-refractivity contribution in [2.24, 2.45) is 0 Å². The Balaban J connectivity index is 4.02. The zero-order valence-electron chi connectivity index (χ0n) is 5.13. The minimum Gasteiger partial charge on any atom is -0.106 e. The molecule has 0 aromatic rings. The van der Waals surface area contributed by atoms with Crippen LogP contribution in [0.2, 0.25) is 0 Å². The summed E-state index contributed by atoms with van der Waals surface area (Å²) >= 11 is 12.6. The van der Waals surface area contributed by atoms with E-state index in [0.29, 0.717) is 0 Å². The summed E-state index contributed by atoms with van der Waals surface area (Å²) < 4.78 is -0.429. The lowest BCUT2D eigenvalue weighted by molar-refractivity contribution is 0.678. The highest BCUT2D eigenvalue weighted by atomic mass is 79.9. The monoisotopic (exact) mass is 262 g/mol. The molecule has 0 N–H and O–H groups in total. The van der Waals surface area contributed by atoms with Gasteiger partial charge in [-0.3, -0.25) is 0 Å². The summed E-state index contributed by atoms with van der Waals surface area (Å²) in [5.74, 6) is 0. The van der Waals surface area contributed by atoms with Crippen molar-refractivity contribution in [3.63, 3.8) is 0 Å². The summed E-state index contributed by atoms with van der Waals surface area (Å²) in [5.41, 5.74) is 0. The van der Waals surface area contributed by atoms with E-state index in [9.17, 15) is 0 Å². The molecule has 0 saturated heterocycles. The van der Waals surface area contributed by atoms with Crippen molar-refractivity contribution in [1.29, 1.82) is 0 Å². The first kappa shape index (κ1) is 9.25. The van der Waals surface area contributed by atoms with Gasteiger partial charge in [-0.2, -0.15) is 0 Å². The van der Waals surface area contributed by atoms with Crippen LogP contribution in [0.5, 0.6) is 0 Å². The Hall–Kier alpha value is 1.25. The van der Waals surface area contributed by atoms with E-state index in [2.05, 4.69) is 31.9 Å². The average Bonchev–Trinajstić information content (AvgIpc) is 1.25. The molecule has 0 spiro atoms. The first-order valence-electron chi connectivity index (χ1n) is 2.32. The van der Waals surface area contributed by atoms with Gasteiger partial charge in [0.1, 0.15) is 3.78 Å². The maximum absolute atomic E-state index is 5.88. The van der Waals surface area contributed by atoms with Crippen molar-refractivity contribution < 1.29 is 0 Å². The van der Waals surface area contributed by atoms with Gasteiger partial charge in [-0.15, -0.1) is 11.6 Å². The predicted molar refractivity (Wildman–Crippen MR) is 46.2 cm³/mol. The molecule has 0 aliphatic carbocycles. The molecule has 0 aliphatic heterocycles. The first-order valence-corrected chi connectivity index (χ1v) is 4.28. The third kappa shape index (κ3) is 2.70. The summed E-state index contributed by atoms with van der Waals surface area (Å²) in [6.07, 6.45) is 0. The fourth-order valence-electron chi connectivity index (χ4n) is 0. The molecule has 0 nitrogen and oxygen atoms in total. The number of rotatable bonds is 1. The van der Waals surface area contributed by atoms with Gasteiger partial charge in [0.25, 0.3) is 0 Å². The summed E-state index contributed by atoms with van der Waals surface area (Å²) in [6.45, 7) is 5.92. The van der Waals surface area contributed by atoms with Crippen LogP contribution in [0.1, 0.15) is 20.8 Å². The predicted octanol–water partition coefficient (Wildman–Crippen LogP) is 3.51. The second-order valence-corrected chi connectivity index (χ2v) is 7.14. The summed E-state index contributed by atoms with van der Waals surface area (Å²) in [5, 5.41) is 0. The Morgan fingerprint density at radius 3 is 1.25 bits per heavy atom. The largest absolute Gasteiger partial charge is 0.111 e. The molecule has 0 fully saturated rings. The van der Waals surface area contributed by atoms with Gasteiger partial charge in [-0.25, -0.2) is 0 Å². The van der Waals surface area contributed by atoms with E-state index >= 15 is 0 Å². The second kappa shape index (κ2) is 2.47. The quantitative estimate of drug-likeness (QED) is 0.636. The van der Waals surface area contributed by atoms with Crippen LogP contribution < -0.4 is 0 Å². The van der Waals surface area contributed by atoms with Crippen molar-refractivity contribution in [2.45, 2.75) is 28.9 Å². The SMILES string of the molecule is CC(C)(Br)C(C)(Cl)Br. The van der Waals surface area contributed by atoms with Crippen LogP contribution in [-0.4, -0.2) is 8.11 Å². The van der Waals surface area contributed by atoms with Crippen LogP contribution in [-0.2, 0) is 0 Å². The molecule has 0 aromatic heterocycles. The second-order valence-electron chi connectivity index (χ2n) is 2.36. The third-order valence-corrected chi connectivity index (χ3v) is 4.06. The molecule has 0 amide bonds. The van der Waals surface area contributed by atoms with Crippen LogP contribution in [0, 0.1) is 0 Å². The van der Waals surface area contributed by atoms with E-state index in [1.807, 2.05) is 20.8 Å². The topological polar surface area (TPSA) is 0 Å². The minimum absolute atomic E-state index is 0.0679. The lowest BCUT2D eigenvalue weighted by atomic mass is 10.1. The summed E-state index contributed by atoms with van der Waals surface area (Å²) in [7, 11) is 0. The van der Waals surface area contributed by atoms with Crippen molar-refractivity contribution >= 4 is 43.5 Å². The number of alkyl halides is 3. The standard InChI is InChI=1S/C5H9Br2Cl/c1-4(2,6)5(3,7)8/h1-3H3. The van der Waals surface area contributed by atoms with Gasteiger partial charge in [-0.05, 0) is 20.8 Å². The summed E-state index contributed by atoms with van der Waals surface area (Å²) in [6, 6.07) is 0. The van der Waals surface area contributed by atoms with Gasteiger partial charge in [0, 0.05) is 4.32 Å². The summed E-state index contributed by atoms with van der Waals surface area (Å²) in [4.78, 5) is 0. The molecule has 0 aromatic carbocycles. The lowest BCUT2D eigenvalue weighted by Gasteiger charge is -2.28. The molecular formula is C5H9Br2Cl. The maximum Gasteiger partial charge on any atom is 0.111 e. The highest BCUT2D eigenvalue weighted by molar-refractivity contribution is 9.13. The molecule has 0 aliphatic rings. The molecule has 8 heavy (non-hydrogen) atoms. The van der Waals surface area contributed by atoms with Gasteiger partial charge in [0.05, 0.1) is 0 Å². The van der Waals surface area contributed by atoms with Crippen LogP contribution in [0.4, 0.5) is 0 Å². The van der Waals surface area contributed by atoms with Crippen LogP contribution in [0.3, 0.4) is 0 Å². The molecule has 0 rings (SSSR count). The third-order valence-electron chi connectivity index (χ3n) is 1.04. The van der Waals surface area contributed by atoms with Crippen molar-refractivity contribution in [2.75, 3.05) is 0 Å². The normalized spacial score (nSPS) is 20.2. The zero-order valence-corrected chi connectivity index (χ0v) is 9.06. The van der Waals surface area contributed by atoms with E-state index in [0.717, 1.165) is 0 Å². The fourth-order valence-corrected chi connectivity index (χ4v) is 0. The van der Waals surface area contributed by atoms with E-state index in [4.69, 9.17) is 11.6 Å². The Bertz CT molecular complexity index is 65.4. The number of hydrogen-bond acceptors (Lipinski definition) is 0. The molecule has 50 valence electrons. The highest BCUT2D eigenvalue weighted by Crippen LogP contribution is 2.40. The van der Waals surface area contributed by atoms with Crippen molar-refractivity contribution in [1.82, 2.24) is 0 Å². The molecule has 1 atom stereocenters. The molecule has 0 heterocycles. The Morgan fingerprint density at radius 2 is 1.25 bits per heavy atom. The van der Waals surface area contributed by atoms with E-state index in [1.54, 1.807) is 0 Å². The van der Waals surface area contributed by atoms with E-state index in [1.165, 1.54) is 0 Å². The van der Waals surface area contributed by atoms with Crippen LogP contribution in [0.15, 0.2) is 0 Å². The Kier molecular flexibility index (Phi) is 2.86. The fraction of sp³-hybridized carbons (Fsp3) is 1.00. The number of hydrogen-bond donors (Lipinski definition) is 0. The van der Waals surface area contributed by atoms with Gasteiger partial charge in [0.15, 0.2) is 0 Å². The van der Waals surface area contributed by atoms with Crippen molar-refractivity contribution in [3.05, 3.63) is 0 Å². The molecule has 0 radical (unpaired) electrons. The Labute approximate surface area is 72.2 Å². The van der Waals surface area contributed by atoms with E-state index in [-0.39, 0.29) is 8.11 Å². The molecule has 0 bridgehead atoms. The maximum atomic E-state index is 5.88. The Morgan fingerprint density at radius 1 is 1.12 bits per heavy atom. The van der Waals surface area contributed by atoms with Crippen molar-refractivity contribution in [3.8, 4) is 0 Å².